The fraction of sp³-hybridized carbons (Fsp3) is 0.909. The molecule has 0 amide bonds. The summed E-state index contributed by atoms with van der Waals surface area (Å²) in [7, 11) is 0. The summed E-state index contributed by atoms with van der Waals surface area (Å²) in [5, 5.41) is 0. The first kappa shape index (κ1) is 13.4. The molecule has 1 heterocycles. The van der Waals surface area contributed by atoms with Gasteiger partial charge in [-0.25, -0.2) is 0 Å². The van der Waals surface area contributed by atoms with Crippen LogP contribution >= 0.6 is 0 Å². The lowest BCUT2D eigenvalue weighted by molar-refractivity contribution is -0.161. The molecular formula is C11H21NO4. The molecule has 0 bridgehead atoms. The second-order valence-electron chi connectivity index (χ2n) is 4.14. The fourth-order valence-electron chi connectivity index (χ4n) is 1.56. The zero-order valence-electron chi connectivity index (χ0n) is 10.0. The van der Waals surface area contributed by atoms with Crippen LogP contribution in [0, 0.1) is 0 Å². The third kappa shape index (κ3) is 3.73. The third-order valence-electron chi connectivity index (χ3n) is 2.66. The minimum atomic E-state index is -0.876. The first-order valence-electron chi connectivity index (χ1n) is 5.74. The van der Waals surface area contributed by atoms with Crippen molar-refractivity contribution >= 4 is 5.97 Å². The number of hydrogen-bond acceptors (Lipinski definition) is 5. The molecule has 0 radical (unpaired) electrons. The molecular weight excluding hydrogens is 210 g/mol. The minimum Gasteiger partial charge on any atom is -0.459 e. The number of carbonyl (C=O) groups excluding carboxylic acids is 1. The van der Waals surface area contributed by atoms with Crippen LogP contribution in [0.25, 0.3) is 0 Å². The van der Waals surface area contributed by atoms with E-state index in [4.69, 9.17) is 19.9 Å². The van der Waals surface area contributed by atoms with Crippen LogP contribution in [-0.2, 0) is 19.0 Å². The van der Waals surface area contributed by atoms with E-state index in [1.807, 2.05) is 6.92 Å². The third-order valence-corrected chi connectivity index (χ3v) is 2.66. The number of rotatable bonds is 5. The molecule has 0 aromatic carbocycles. The lowest BCUT2D eigenvalue weighted by Crippen LogP contribution is -2.53. The predicted molar refractivity (Wildman–Crippen MR) is 59.0 cm³/mol. The van der Waals surface area contributed by atoms with Crippen molar-refractivity contribution in [3.8, 4) is 0 Å². The van der Waals surface area contributed by atoms with E-state index in [0.29, 0.717) is 39.3 Å². The molecule has 0 aromatic rings. The Hall–Kier alpha value is -0.650. The van der Waals surface area contributed by atoms with Gasteiger partial charge in [-0.3, -0.25) is 4.79 Å². The summed E-state index contributed by atoms with van der Waals surface area (Å²) in [5.41, 5.74) is 5.11. The molecule has 1 unspecified atom stereocenters. The monoisotopic (exact) mass is 231 g/mol. The maximum Gasteiger partial charge on any atom is 0.326 e. The molecule has 1 fully saturated rings. The first-order chi connectivity index (χ1) is 7.58. The molecule has 16 heavy (non-hydrogen) atoms. The number of carbonyl (C=O) groups is 1. The second-order valence-corrected chi connectivity index (χ2v) is 4.14. The minimum absolute atomic E-state index is 0.254. The van der Waals surface area contributed by atoms with Crippen molar-refractivity contribution in [2.75, 3.05) is 26.4 Å². The van der Waals surface area contributed by atoms with E-state index < -0.39 is 5.54 Å². The average molecular weight is 231 g/mol. The van der Waals surface area contributed by atoms with Gasteiger partial charge in [0, 0.05) is 19.8 Å². The molecule has 1 aliphatic heterocycles. The second kappa shape index (κ2) is 6.18. The molecule has 94 valence electrons. The van der Waals surface area contributed by atoms with Gasteiger partial charge in [0.1, 0.15) is 11.6 Å². The molecule has 1 atom stereocenters. The molecule has 0 spiro atoms. The summed E-state index contributed by atoms with van der Waals surface area (Å²) in [4.78, 5) is 11.8. The molecule has 1 aliphatic rings. The Kier molecular flexibility index (Phi) is 5.18. The van der Waals surface area contributed by atoms with E-state index in [2.05, 4.69) is 0 Å². The van der Waals surface area contributed by atoms with E-state index in [9.17, 15) is 4.79 Å². The van der Waals surface area contributed by atoms with Crippen LogP contribution in [0.4, 0.5) is 0 Å². The summed E-state index contributed by atoms with van der Waals surface area (Å²) in [5.74, 6) is -0.344. The van der Waals surface area contributed by atoms with Crippen LogP contribution in [0.15, 0.2) is 0 Å². The van der Waals surface area contributed by atoms with Crippen molar-refractivity contribution in [2.45, 2.75) is 38.3 Å². The highest BCUT2D eigenvalue weighted by Gasteiger charge is 2.38. The summed E-state index contributed by atoms with van der Waals surface area (Å²) in [6.07, 6.45) is 0.788. The predicted octanol–water partition coefficient (Wildman–Crippen LogP) is 0.463. The van der Waals surface area contributed by atoms with E-state index in [-0.39, 0.29) is 12.1 Å². The standard InChI is InChI=1S/C11H21NO4/c1-3-14-8-9(2)16-10(13)11(12)4-6-15-7-5-11/h9H,3-8,12H2,1-2H3. The van der Waals surface area contributed by atoms with Crippen molar-refractivity contribution in [2.24, 2.45) is 5.73 Å². The number of nitrogens with two attached hydrogens (primary N) is 1. The van der Waals surface area contributed by atoms with Gasteiger partial charge in [-0.05, 0) is 26.7 Å². The SMILES string of the molecule is CCOCC(C)OC(=O)C1(N)CCOCC1. The zero-order chi connectivity index (χ0) is 12.0. The van der Waals surface area contributed by atoms with Crippen LogP contribution in [0.3, 0.4) is 0 Å². The van der Waals surface area contributed by atoms with Crippen molar-refractivity contribution < 1.29 is 19.0 Å². The number of hydrogen-bond donors (Lipinski definition) is 1. The van der Waals surface area contributed by atoms with Gasteiger partial charge in [0.05, 0.1) is 6.61 Å². The lowest BCUT2D eigenvalue weighted by atomic mass is 9.91. The van der Waals surface area contributed by atoms with Gasteiger partial charge in [0.25, 0.3) is 0 Å². The quantitative estimate of drug-likeness (QED) is 0.696. The number of ether oxygens (including phenoxy) is 3. The summed E-state index contributed by atoms with van der Waals surface area (Å²) in [6.45, 7) is 5.77. The maximum absolute atomic E-state index is 11.8. The van der Waals surface area contributed by atoms with Crippen LogP contribution in [0.1, 0.15) is 26.7 Å². The van der Waals surface area contributed by atoms with Crippen molar-refractivity contribution in [3.05, 3.63) is 0 Å². The molecule has 1 rings (SSSR count). The van der Waals surface area contributed by atoms with Crippen molar-refractivity contribution in [1.82, 2.24) is 0 Å². The Bertz CT molecular complexity index is 226. The smallest absolute Gasteiger partial charge is 0.326 e. The van der Waals surface area contributed by atoms with E-state index >= 15 is 0 Å². The molecule has 1 saturated heterocycles. The maximum atomic E-state index is 11.8. The highest BCUT2D eigenvalue weighted by molar-refractivity contribution is 5.80. The van der Waals surface area contributed by atoms with Gasteiger partial charge in [0.15, 0.2) is 0 Å². The normalized spacial score (nSPS) is 21.4. The number of esters is 1. The Morgan fingerprint density at radius 1 is 1.50 bits per heavy atom. The van der Waals surface area contributed by atoms with Crippen LogP contribution in [0.2, 0.25) is 0 Å². The van der Waals surface area contributed by atoms with Gasteiger partial charge in [-0.2, -0.15) is 0 Å². The van der Waals surface area contributed by atoms with Gasteiger partial charge < -0.3 is 19.9 Å². The largest absolute Gasteiger partial charge is 0.459 e. The Morgan fingerprint density at radius 2 is 2.12 bits per heavy atom. The summed E-state index contributed by atoms with van der Waals surface area (Å²) >= 11 is 0. The molecule has 2 N–H and O–H groups in total. The topological polar surface area (TPSA) is 70.8 Å². The fourth-order valence-corrected chi connectivity index (χ4v) is 1.56. The zero-order valence-corrected chi connectivity index (χ0v) is 10.0. The summed E-state index contributed by atoms with van der Waals surface area (Å²) < 4.78 is 15.6. The Labute approximate surface area is 96.2 Å². The van der Waals surface area contributed by atoms with Crippen LogP contribution in [0.5, 0.6) is 0 Å². The Morgan fingerprint density at radius 3 is 2.69 bits per heavy atom. The highest BCUT2D eigenvalue weighted by atomic mass is 16.6. The summed E-state index contributed by atoms with van der Waals surface area (Å²) in [6, 6.07) is 0. The molecule has 5 heteroatoms. The van der Waals surface area contributed by atoms with E-state index in [1.165, 1.54) is 0 Å². The van der Waals surface area contributed by atoms with Gasteiger partial charge in [0.2, 0.25) is 0 Å². The van der Waals surface area contributed by atoms with Crippen molar-refractivity contribution in [3.63, 3.8) is 0 Å². The molecule has 0 saturated carbocycles. The van der Waals surface area contributed by atoms with Gasteiger partial charge in [-0.1, -0.05) is 0 Å². The Balaban J connectivity index is 2.38. The van der Waals surface area contributed by atoms with Crippen LogP contribution < -0.4 is 5.73 Å². The lowest BCUT2D eigenvalue weighted by Gasteiger charge is -2.31. The molecule has 0 aliphatic carbocycles. The van der Waals surface area contributed by atoms with Crippen LogP contribution in [-0.4, -0.2) is 44.0 Å². The molecule has 0 aromatic heterocycles. The highest BCUT2D eigenvalue weighted by Crippen LogP contribution is 2.19. The molecule has 5 nitrogen and oxygen atoms in total. The average Bonchev–Trinajstić information content (AvgIpc) is 2.27. The van der Waals surface area contributed by atoms with Crippen molar-refractivity contribution in [1.29, 1.82) is 0 Å². The van der Waals surface area contributed by atoms with Gasteiger partial charge >= 0.3 is 5.97 Å². The van der Waals surface area contributed by atoms with Gasteiger partial charge in [-0.15, -0.1) is 0 Å². The van der Waals surface area contributed by atoms with E-state index in [1.54, 1.807) is 6.92 Å². The van der Waals surface area contributed by atoms with E-state index in [0.717, 1.165) is 0 Å². The first-order valence-corrected chi connectivity index (χ1v) is 5.74.